The second-order valence-electron chi connectivity index (χ2n) is 4.15. The zero-order chi connectivity index (χ0) is 12.4. The van der Waals surface area contributed by atoms with E-state index >= 15 is 0 Å². The highest BCUT2D eigenvalue weighted by molar-refractivity contribution is 6.30. The molecule has 1 aliphatic heterocycles. The number of hydrogen-bond acceptors (Lipinski definition) is 2. The van der Waals surface area contributed by atoms with Crippen LogP contribution in [0.2, 0.25) is 5.02 Å². The van der Waals surface area contributed by atoms with Gasteiger partial charge in [-0.3, -0.25) is 0 Å². The highest BCUT2D eigenvalue weighted by atomic mass is 35.5. The van der Waals surface area contributed by atoms with Crippen LogP contribution >= 0.6 is 11.6 Å². The topological polar surface area (TPSA) is 43.8 Å². The number of rotatable bonds is 3. The number of hydrogen-bond donors (Lipinski definition) is 1. The Hall–Kier alpha value is -1.26. The Bertz CT molecular complexity index is 425. The Morgan fingerprint density at radius 1 is 1.53 bits per heavy atom. The summed E-state index contributed by atoms with van der Waals surface area (Å²) in [4.78, 5) is 15.2. The van der Waals surface area contributed by atoms with Crippen molar-refractivity contribution in [1.29, 1.82) is 0 Å². The number of amides is 2. The molecule has 1 atom stereocenters. The quantitative estimate of drug-likeness (QED) is 0.893. The van der Waals surface area contributed by atoms with Crippen molar-refractivity contribution in [3.63, 3.8) is 0 Å². The van der Waals surface area contributed by atoms with Crippen LogP contribution in [0.4, 0.5) is 4.79 Å². The third-order valence-corrected chi connectivity index (χ3v) is 3.20. The van der Waals surface area contributed by atoms with Crippen molar-refractivity contribution in [2.75, 3.05) is 26.7 Å². The summed E-state index contributed by atoms with van der Waals surface area (Å²) in [5, 5.41) is 9.67. The molecule has 0 bridgehead atoms. The summed E-state index contributed by atoms with van der Waals surface area (Å²) in [7, 11) is 1.76. The Morgan fingerprint density at radius 3 is 2.94 bits per heavy atom. The molecule has 17 heavy (non-hydrogen) atoms. The lowest BCUT2D eigenvalue weighted by molar-refractivity contribution is 0.172. The van der Waals surface area contributed by atoms with Gasteiger partial charge in [-0.25, -0.2) is 4.79 Å². The molecule has 5 heteroatoms. The average molecular weight is 255 g/mol. The molecular formula is C12H15ClN2O2. The number of β-amino-alcohol motifs (C(OH)–C–C–N with tert-alkyl or cyclic N) is 1. The number of carbonyl (C=O) groups is 1. The van der Waals surface area contributed by atoms with E-state index in [1.165, 1.54) is 0 Å². The van der Waals surface area contributed by atoms with Gasteiger partial charge >= 0.3 is 6.03 Å². The Balaban J connectivity index is 2.27. The molecule has 1 saturated heterocycles. The maximum absolute atomic E-state index is 11.9. The molecule has 1 heterocycles. The fourth-order valence-electron chi connectivity index (χ4n) is 2.15. The van der Waals surface area contributed by atoms with Gasteiger partial charge in [0.05, 0.1) is 12.6 Å². The van der Waals surface area contributed by atoms with Crippen LogP contribution in [0.5, 0.6) is 0 Å². The summed E-state index contributed by atoms with van der Waals surface area (Å²) < 4.78 is 0. The molecule has 0 aliphatic carbocycles. The van der Waals surface area contributed by atoms with Crippen LogP contribution in [0.1, 0.15) is 11.6 Å². The summed E-state index contributed by atoms with van der Waals surface area (Å²) in [6.07, 6.45) is 0. The number of likely N-dealkylation sites (N-methyl/N-ethyl adjacent to an activating group) is 1. The van der Waals surface area contributed by atoms with E-state index in [1.807, 2.05) is 24.3 Å². The molecule has 2 rings (SSSR count). The minimum Gasteiger partial charge on any atom is -0.395 e. The van der Waals surface area contributed by atoms with Crippen LogP contribution in [-0.2, 0) is 0 Å². The Morgan fingerprint density at radius 2 is 2.29 bits per heavy atom. The first-order chi connectivity index (χ1) is 8.13. The lowest BCUT2D eigenvalue weighted by Gasteiger charge is -2.22. The van der Waals surface area contributed by atoms with Gasteiger partial charge in [-0.2, -0.15) is 0 Å². The van der Waals surface area contributed by atoms with Crippen LogP contribution in [0.15, 0.2) is 24.3 Å². The van der Waals surface area contributed by atoms with Gasteiger partial charge in [-0.1, -0.05) is 23.7 Å². The number of urea groups is 1. The zero-order valence-corrected chi connectivity index (χ0v) is 10.4. The van der Waals surface area contributed by atoms with Crippen LogP contribution in [0.25, 0.3) is 0 Å². The van der Waals surface area contributed by atoms with E-state index in [4.69, 9.17) is 16.7 Å². The van der Waals surface area contributed by atoms with Crippen LogP contribution < -0.4 is 0 Å². The van der Waals surface area contributed by atoms with Gasteiger partial charge in [0.1, 0.15) is 0 Å². The Labute approximate surface area is 105 Å². The molecule has 1 aromatic rings. The van der Waals surface area contributed by atoms with Gasteiger partial charge in [0.2, 0.25) is 0 Å². The van der Waals surface area contributed by atoms with Crippen LogP contribution in [0.3, 0.4) is 0 Å². The van der Waals surface area contributed by atoms with E-state index in [0.717, 1.165) is 5.56 Å². The normalized spacial score (nSPS) is 20.2. The minimum absolute atomic E-state index is 0.0293. The second-order valence-corrected chi connectivity index (χ2v) is 4.59. The largest absolute Gasteiger partial charge is 0.395 e. The Kier molecular flexibility index (Phi) is 3.54. The zero-order valence-electron chi connectivity index (χ0n) is 9.64. The van der Waals surface area contributed by atoms with E-state index in [-0.39, 0.29) is 18.7 Å². The van der Waals surface area contributed by atoms with Crippen molar-refractivity contribution in [3.8, 4) is 0 Å². The molecule has 0 spiro atoms. The molecule has 4 nitrogen and oxygen atoms in total. The van der Waals surface area contributed by atoms with E-state index in [2.05, 4.69) is 0 Å². The van der Waals surface area contributed by atoms with Crippen LogP contribution in [-0.4, -0.2) is 47.7 Å². The predicted molar refractivity (Wildman–Crippen MR) is 66.0 cm³/mol. The van der Waals surface area contributed by atoms with Gasteiger partial charge in [-0.05, 0) is 17.7 Å². The molecule has 0 radical (unpaired) electrons. The average Bonchev–Trinajstić information content (AvgIpc) is 2.58. The lowest BCUT2D eigenvalue weighted by Crippen LogP contribution is -2.33. The molecule has 1 fully saturated rings. The van der Waals surface area contributed by atoms with Gasteiger partial charge in [0.25, 0.3) is 0 Å². The van der Waals surface area contributed by atoms with E-state index in [0.29, 0.717) is 18.1 Å². The number of carbonyl (C=O) groups excluding carboxylic acids is 1. The number of aliphatic hydroxyl groups excluding tert-OH is 1. The third kappa shape index (κ3) is 2.37. The summed E-state index contributed by atoms with van der Waals surface area (Å²) in [6, 6.07) is 7.41. The number of benzene rings is 1. The van der Waals surface area contributed by atoms with Crippen molar-refractivity contribution in [3.05, 3.63) is 34.9 Å². The van der Waals surface area contributed by atoms with Crippen molar-refractivity contribution >= 4 is 17.6 Å². The first kappa shape index (κ1) is 12.2. The fraction of sp³-hybridized carbons (Fsp3) is 0.417. The van der Waals surface area contributed by atoms with Gasteiger partial charge in [0, 0.05) is 25.2 Å². The molecule has 0 aromatic heterocycles. The lowest BCUT2D eigenvalue weighted by atomic mass is 10.1. The van der Waals surface area contributed by atoms with Gasteiger partial charge in [-0.15, -0.1) is 0 Å². The second kappa shape index (κ2) is 4.94. The first-order valence-corrected chi connectivity index (χ1v) is 5.89. The summed E-state index contributed by atoms with van der Waals surface area (Å²) in [6.45, 7) is 0.941. The molecule has 1 aromatic carbocycles. The van der Waals surface area contributed by atoms with Crippen molar-refractivity contribution in [2.45, 2.75) is 6.04 Å². The SMILES string of the molecule is CN1CC(c2cccc(Cl)c2)N(CCO)C1=O. The maximum atomic E-state index is 11.9. The summed E-state index contributed by atoms with van der Waals surface area (Å²) in [5.41, 5.74) is 1.00. The van der Waals surface area contributed by atoms with E-state index in [9.17, 15) is 4.79 Å². The highest BCUT2D eigenvalue weighted by Gasteiger charge is 2.35. The molecule has 1 unspecified atom stereocenters. The predicted octanol–water partition coefficient (Wildman–Crippen LogP) is 1.74. The first-order valence-electron chi connectivity index (χ1n) is 5.51. The third-order valence-electron chi connectivity index (χ3n) is 2.97. The maximum Gasteiger partial charge on any atom is 0.320 e. The monoisotopic (exact) mass is 254 g/mol. The van der Waals surface area contributed by atoms with Crippen LogP contribution in [0, 0.1) is 0 Å². The number of nitrogens with zero attached hydrogens (tertiary/aromatic N) is 2. The van der Waals surface area contributed by atoms with Gasteiger partial charge < -0.3 is 14.9 Å². The van der Waals surface area contributed by atoms with Gasteiger partial charge in [0.15, 0.2) is 0 Å². The molecule has 1 N–H and O–H groups in total. The van der Waals surface area contributed by atoms with Crippen molar-refractivity contribution < 1.29 is 9.90 Å². The number of halogens is 1. The van der Waals surface area contributed by atoms with Crippen molar-refractivity contribution in [1.82, 2.24) is 9.80 Å². The minimum atomic E-state index is -0.0518. The molecule has 2 amide bonds. The number of aliphatic hydroxyl groups is 1. The van der Waals surface area contributed by atoms with E-state index in [1.54, 1.807) is 16.8 Å². The molecular weight excluding hydrogens is 240 g/mol. The molecule has 1 aliphatic rings. The highest BCUT2D eigenvalue weighted by Crippen LogP contribution is 2.29. The molecule has 92 valence electrons. The smallest absolute Gasteiger partial charge is 0.320 e. The van der Waals surface area contributed by atoms with Crippen molar-refractivity contribution in [2.24, 2.45) is 0 Å². The van der Waals surface area contributed by atoms with E-state index < -0.39 is 0 Å². The summed E-state index contributed by atoms with van der Waals surface area (Å²) >= 11 is 5.95. The molecule has 0 saturated carbocycles. The fourth-order valence-corrected chi connectivity index (χ4v) is 2.35. The summed E-state index contributed by atoms with van der Waals surface area (Å²) in [5.74, 6) is 0. The standard InChI is InChI=1S/C12H15ClN2O2/c1-14-8-11(15(5-6-16)12(14)17)9-3-2-4-10(13)7-9/h2-4,7,11,16H,5-6,8H2,1H3.